The predicted octanol–water partition coefficient (Wildman–Crippen LogP) is 4.61. The standard InChI is InChI=1S/C28H23ClN2O4S/c1-4-35-27(33)24-16(2)30-28-31(25(24)20-11-7-8-12-21(20)29)26(32)23(36-28)15-17-13-14-22(34-3)19-10-6-5-9-18(17)19/h5-15,25H,4H2,1-3H3/b23-15+/t25-/m0/s1. The number of halogens is 1. The van der Waals surface area contributed by atoms with Crippen molar-refractivity contribution in [1.82, 2.24) is 4.57 Å². The van der Waals surface area contributed by atoms with Crippen LogP contribution in [0.4, 0.5) is 0 Å². The number of esters is 1. The minimum absolute atomic E-state index is 0.208. The summed E-state index contributed by atoms with van der Waals surface area (Å²) in [4.78, 5) is 32.0. The number of thiazole rings is 1. The number of carbonyl (C=O) groups excluding carboxylic acids is 1. The Morgan fingerprint density at radius 1 is 1.11 bits per heavy atom. The number of aromatic nitrogens is 1. The van der Waals surface area contributed by atoms with Crippen LogP contribution in [0, 0.1) is 0 Å². The molecule has 2 heterocycles. The van der Waals surface area contributed by atoms with Gasteiger partial charge in [-0.25, -0.2) is 9.79 Å². The first kappa shape index (κ1) is 24.0. The summed E-state index contributed by atoms with van der Waals surface area (Å²) in [6.45, 7) is 3.71. The largest absolute Gasteiger partial charge is 0.496 e. The highest BCUT2D eigenvalue weighted by Crippen LogP contribution is 2.34. The van der Waals surface area contributed by atoms with Crippen LogP contribution >= 0.6 is 22.9 Å². The molecular formula is C28H23ClN2O4S. The van der Waals surface area contributed by atoms with E-state index in [2.05, 4.69) is 4.99 Å². The number of ether oxygens (including phenoxy) is 2. The van der Waals surface area contributed by atoms with Crippen LogP contribution in [0.2, 0.25) is 5.02 Å². The van der Waals surface area contributed by atoms with E-state index in [-0.39, 0.29) is 12.2 Å². The van der Waals surface area contributed by atoms with Crippen molar-refractivity contribution < 1.29 is 14.3 Å². The van der Waals surface area contributed by atoms with Crippen LogP contribution in [-0.2, 0) is 9.53 Å². The molecule has 0 saturated heterocycles. The Morgan fingerprint density at radius 2 is 1.83 bits per heavy atom. The number of fused-ring (bicyclic) bond motifs is 2. The molecule has 0 amide bonds. The molecule has 8 heteroatoms. The molecule has 0 aliphatic carbocycles. The molecule has 6 nitrogen and oxygen atoms in total. The molecule has 1 aliphatic heterocycles. The van der Waals surface area contributed by atoms with Crippen LogP contribution in [-0.4, -0.2) is 24.3 Å². The number of hydrogen-bond donors (Lipinski definition) is 0. The third-order valence-electron chi connectivity index (χ3n) is 6.14. The van der Waals surface area contributed by atoms with Crippen LogP contribution in [0.5, 0.6) is 5.75 Å². The van der Waals surface area contributed by atoms with E-state index in [1.54, 1.807) is 31.6 Å². The summed E-state index contributed by atoms with van der Waals surface area (Å²) in [6, 6.07) is 18.2. The van der Waals surface area contributed by atoms with Crippen LogP contribution in [0.1, 0.15) is 31.0 Å². The minimum atomic E-state index is -0.747. The van der Waals surface area contributed by atoms with Crippen molar-refractivity contribution in [3.8, 4) is 5.75 Å². The first-order valence-corrected chi connectivity index (χ1v) is 12.6. The second kappa shape index (κ2) is 9.76. The number of carbonyl (C=O) groups is 1. The monoisotopic (exact) mass is 518 g/mol. The fourth-order valence-electron chi connectivity index (χ4n) is 4.52. The molecule has 1 aliphatic rings. The van der Waals surface area contributed by atoms with Crippen molar-refractivity contribution in [3.63, 3.8) is 0 Å². The molecular weight excluding hydrogens is 496 g/mol. The Bertz CT molecular complexity index is 1720. The molecule has 0 N–H and O–H groups in total. The highest BCUT2D eigenvalue weighted by atomic mass is 35.5. The quantitative estimate of drug-likeness (QED) is 0.362. The van der Waals surface area contributed by atoms with E-state index in [1.807, 2.05) is 60.7 Å². The molecule has 5 rings (SSSR count). The molecule has 182 valence electrons. The van der Waals surface area contributed by atoms with Gasteiger partial charge < -0.3 is 9.47 Å². The smallest absolute Gasteiger partial charge is 0.338 e. The predicted molar refractivity (Wildman–Crippen MR) is 142 cm³/mol. The molecule has 0 bridgehead atoms. The molecule has 3 aromatic carbocycles. The van der Waals surface area contributed by atoms with Crippen molar-refractivity contribution in [2.45, 2.75) is 19.9 Å². The van der Waals surface area contributed by atoms with Gasteiger partial charge in [0.2, 0.25) is 0 Å². The summed E-state index contributed by atoms with van der Waals surface area (Å²) in [6.07, 6.45) is 1.86. The van der Waals surface area contributed by atoms with E-state index >= 15 is 0 Å². The Hall–Kier alpha value is -3.68. The van der Waals surface area contributed by atoms with Crippen LogP contribution in [0.3, 0.4) is 0 Å². The van der Waals surface area contributed by atoms with Gasteiger partial charge in [-0.05, 0) is 48.6 Å². The number of benzene rings is 3. The minimum Gasteiger partial charge on any atom is -0.496 e. The molecule has 1 aromatic heterocycles. The highest BCUT2D eigenvalue weighted by Gasteiger charge is 2.34. The van der Waals surface area contributed by atoms with Crippen molar-refractivity contribution >= 4 is 45.8 Å². The average Bonchev–Trinajstić information content (AvgIpc) is 3.18. The lowest BCUT2D eigenvalue weighted by molar-refractivity contribution is -0.139. The van der Waals surface area contributed by atoms with Gasteiger partial charge in [0.05, 0.1) is 29.5 Å². The molecule has 0 spiro atoms. The summed E-state index contributed by atoms with van der Waals surface area (Å²) in [5.41, 5.74) is 2.07. The van der Waals surface area contributed by atoms with Gasteiger partial charge in [-0.1, -0.05) is 71.5 Å². The van der Waals surface area contributed by atoms with Gasteiger partial charge in [-0.15, -0.1) is 0 Å². The van der Waals surface area contributed by atoms with E-state index in [0.29, 0.717) is 31.2 Å². The second-order valence-electron chi connectivity index (χ2n) is 8.23. The van der Waals surface area contributed by atoms with Crippen molar-refractivity contribution in [3.05, 3.63) is 108 Å². The maximum Gasteiger partial charge on any atom is 0.338 e. The average molecular weight is 519 g/mol. The van der Waals surface area contributed by atoms with E-state index in [9.17, 15) is 9.59 Å². The number of hydrogen-bond acceptors (Lipinski definition) is 6. The third kappa shape index (κ3) is 4.04. The molecule has 0 unspecified atom stereocenters. The Labute approximate surface area is 216 Å². The number of methoxy groups -OCH3 is 1. The molecule has 0 radical (unpaired) electrons. The first-order chi connectivity index (χ1) is 17.4. The van der Waals surface area contributed by atoms with Crippen LogP contribution < -0.4 is 19.6 Å². The van der Waals surface area contributed by atoms with Gasteiger partial charge in [0.25, 0.3) is 5.56 Å². The zero-order valence-electron chi connectivity index (χ0n) is 19.9. The van der Waals surface area contributed by atoms with E-state index in [4.69, 9.17) is 21.1 Å². The first-order valence-electron chi connectivity index (χ1n) is 11.4. The van der Waals surface area contributed by atoms with Crippen LogP contribution in [0.25, 0.3) is 16.8 Å². The normalized spacial score (nSPS) is 15.6. The summed E-state index contributed by atoms with van der Waals surface area (Å²) in [5.74, 6) is 0.247. The number of nitrogens with zero attached hydrogens (tertiary/aromatic N) is 2. The Kier molecular flexibility index (Phi) is 6.51. The maximum absolute atomic E-state index is 13.8. The maximum atomic E-state index is 13.8. The van der Waals surface area contributed by atoms with Gasteiger partial charge in [-0.3, -0.25) is 9.36 Å². The number of rotatable bonds is 5. The zero-order valence-corrected chi connectivity index (χ0v) is 21.5. The van der Waals surface area contributed by atoms with Crippen molar-refractivity contribution in [1.29, 1.82) is 0 Å². The Balaban J connectivity index is 1.77. The summed E-state index contributed by atoms with van der Waals surface area (Å²) < 4.78 is 12.9. The molecule has 36 heavy (non-hydrogen) atoms. The molecule has 0 fully saturated rings. The summed E-state index contributed by atoms with van der Waals surface area (Å²) in [5, 5.41) is 2.37. The number of allylic oxidation sites excluding steroid dienone is 1. The van der Waals surface area contributed by atoms with E-state index in [0.717, 1.165) is 22.1 Å². The lowest BCUT2D eigenvalue weighted by atomic mass is 9.96. The van der Waals surface area contributed by atoms with E-state index in [1.165, 1.54) is 11.3 Å². The van der Waals surface area contributed by atoms with Gasteiger partial charge in [-0.2, -0.15) is 0 Å². The fourth-order valence-corrected chi connectivity index (χ4v) is 5.80. The van der Waals surface area contributed by atoms with Gasteiger partial charge in [0.1, 0.15) is 11.8 Å². The fraction of sp³-hybridized carbons (Fsp3) is 0.179. The summed E-state index contributed by atoms with van der Waals surface area (Å²) in [7, 11) is 1.64. The lowest BCUT2D eigenvalue weighted by Gasteiger charge is -2.25. The van der Waals surface area contributed by atoms with Gasteiger partial charge >= 0.3 is 5.97 Å². The van der Waals surface area contributed by atoms with Gasteiger partial charge in [0, 0.05) is 10.4 Å². The summed E-state index contributed by atoms with van der Waals surface area (Å²) >= 11 is 7.84. The second-order valence-corrected chi connectivity index (χ2v) is 9.64. The molecule has 1 atom stereocenters. The molecule has 0 saturated carbocycles. The third-order valence-corrected chi connectivity index (χ3v) is 7.47. The molecule has 4 aromatic rings. The topological polar surface area (TPSA) is 69.9 Å². The zero-order chi connectivity index (χ0) is 25.4. The van der Waals surface area contributed by atoms with E-state index < -0.39 is 12.0 Å². The SMILES string of the molecule is CCOC(=O)C1=C(C)N=c2s/c(=C/c3ccc(OC)c4ccccc34)c(=O)n2[C@H]1c1ccccc1Cl. The van der Waals surface area contributed by atoms with Crippen LogP contribution in [0.15, 0.2) is 81.7 Å². The van der Waals surface area contributed by atoms with Crippen molar-refractivity contribution in [2.75, 3.05) is 13.7 Å². The lowest BCUT2D eigenvalue weighted by Crippen LogP contribution is -2.40. The highest BCUT2D eigenvalue weighted by molar-refractivity contribution is 7.07. The van der Waals surface area contributed by atoms with Crippen molar-refractivity contribution in [2.24, 2.45) is 4.99 Å². The van der Waals surface area contributed by atoms with Gasteiger partial charge in [0.15, 0.2) is 4.80 Å². The Morgan fingerprint density at radius 3 is 2.56 bits per heavy atom.